The molecular formula is C16H28O3. The molecule has 0 aromatic rings. The lowest BCUT2D eigenvalue weighted by Crippen LogP contribution is -2.25. The van der Waals surface area contributed by atoms with Crippen LogP contribution in [0.5, 0.6) is 0 Å². The highest BCUT2D eigenvalue weighted by Crippen LogP contribution is 2.52. The zero-order valence-electron chi connectivity index (χ0n) is 13.0. The van der Waals surface area contributed by atoms with Crippen molar-refractivity contribution in [2.75, 3.05) is 0 Å². The first-order valence-electron chi connectivity index (χ1n) is 7.54. The quantitative estimate of drug-likeness (QED) is 0.660. The molecule has 0 heterocycles. The smallest absolute Gasteiger partial charge is 0.310 e. The summed E-state index contributed by atoms with van der Waals surface area (Å²) < 4.78 is 5.46. The van der Waals surface area contributed by atoms with Crippen LogP contribution in [0.1, 0.15) is 66.7 Å². The second-order valence-electron chi connectivity index (χ2n) is 6.67. The van der Waals surface area contributed by atoms with E-state index in [4.69, 9.17) is 4.74 Å². The molecule has 1 aliphatic rings. The molecule has 19 heavy (non-hydrogen) atoms. The number of hydrogen-bond acceptors (Lipinski definition) is 3. The number of hydrogen-bond donors (Lipinski definition) is 0. The van der Waals surface area contributed by atoms with Crippen molar-refractivity contribution >= 4 is 11.8 Å². The molecule has 0 spiro atoms. The molecule has 0 aromatic heterocycles. The minimum atomic E-state index is -0.436. The second kappa shape index (κ2) is 6.53. The van der Waals surface area contributed by atoms with Crippen LogP contribution in [0.3, 0.4) is 0 Å². The van der Waals surface area contributed by atoms with E-state index in [0.29, 0.717) is 24.5 Å². The molecule has 1 fully saturated rings. The Morgan fingerprint density at radius 3 is 2.16 bits per heavy atom. The van der Waals surface area contributed by atoms with Crippen LogP contribution >= 0.6 is 0 Å². The fourth-order valence-corrected chi connectivity index (χ4v) is 2.81. The third-order valence-corrected chi connectivity index (χ3v) is 3.62. The van der Waals surface area contributed by atoms with Crippen LogP contribution in [0.15, 0.2) is 0 Å². The van der Waals surface area contributed by atoms with Gasteiger partial charge in [0.25, 0.3) is 0 Å². The molecule has 3 atom stereocenters. The predicted molar refractivity (Wildman–Crippen MR) is 75.8 cm³/mol. The summed E-state index contributed by atoms with van der Waals surface area (Å²) in [4.78, 5) is 23.9. The van der Waals surface area contributed by atoms with Gasteiger partial charge in [-0.25, -0.2) is 0 Å². The van der Waals surface area contributed by atoms with Gasteiger partial charge in [0.1, 0.15) is 11.4 Å². The summed E-state index contributed by atoms with van der Waals surface area (Å²) in [7, 11) is 0. The molecule has 0 aromatic carbocycles. The lowest BCUT2D eigenvalue weighted by molar-refractivity contribution is -0.157. The van der Waals surface area contributed by atoms with E-state index in [0.717, 1.165) is 19.3 Å². The molecular weight excluding hydrogens is 240 g/mol. The molecule has 110 valence electrons. The maximum absolute atomic E-state index is 12.1. The molecule has 0 radical (unpaired) electrons. The average molecular weight is 268 g/mol. The summed E-state index contributed by atoms with van der Waals surface area (Å²) in [5, 5.41) is 0. The summed E-state index contributed by atoms with van der Waals surface area (Å²) in [6, 6.07) is 0. The second-order valence-corrected chi connectivity index (χ2v) is 6.67. The van der Waals surface area contributed by atoms with E-state index < -0.39 is 5.60 Å². The van der Waals surface area contributed by atoms with Crippen LogP contribution in [0, 0.1) is 17.8 Å². The Hall–Kier alpha value is -0.860. The van der Waals surface area contributed by atoms with Crippen LogP contribution in [0.2, 0.25) is 0 Å². The van der Waals surface area contributed by atoms with Crippen molar-refractivity contribution in [1.82, 2.24) is 0 Å². The molecule has 1 rings (SSSR count). The molecule has 0 N–H and O–H groups in total. The number of carbonyl (C=O) groups excluding carboxylic acids is 2. The van der Waals surface area contributed by atoms with Crippen molar-refractivity contribution in [2.24, 2.45) is 17.8 Å². The van der Waals surface area contributed by atoms with Crippen molar-refractivity contribution in [3.05, 3.63) is 0 Å². The van der Waals surface area contributed by atoms with Gasteiger partial charge in [0.05, 0.1) is 5.92 Å². The van der Waals surface area contributed by atoms with E-state index in [1.165, 1.54) is 0 Å². The Balaban J connectivity index is 2.56. The van der Waals surface area contributed by atoms with Gasteiger partial charge < -0.3 is 4.74 Å². The molecule has 0 saturated heterocycles. The lowest BCUT2D eigenvalue weighted by Gasteiger charge is -2.19. The summed E-state index contributed by atoms with van der Waals surface area (Å²) in [6.07, 6.45) is 4.16. The first-order chi connectivity index (χ1) is 8.80. The summed E-state index contributed by atoms with van der Waals surface area (Å²) in [5.74, 6) is 0.731. The Kier molecular flexibility index (Phi) is 5.57. The van der Waals surface area contributed by atoms with Crippen LogP contribution in [0.25, 0.3) is 0 Å². The first-order valence-corrected chi connectivity index (χ1v) is 7.54. The molecule has 0 unspecified atom stereocenters. The predicted octanol–water partition coefficient (Wildman–Crippen LogP) is 3.75. The number of ketones is 1. The zero-order chi connectivity index (χ0) is 14.6. The fourth-order valence-electron chi connectivity index (χ4n) is 2.81. The normalized spacial score (nSPS) is 26.1. The zero-order valence-corrected chi connectivity index (χ0v) is 13.0. The minimum Gasteiger partial charge on any atom is -0.460 e. The van der Waals surface area contributed by atoms with Gasteiger partial charge in [-0.2, -0.15) is 0 Å². The largest absolute Gasteiger partial charge is 0.460 e. The Morgan fingerprint density at radius 2 is 1.68 bits per heavy atom. The van der Waals surface area contributed by atoms with E-state index in [1.807, 2.05) is 27.7 Å². The van der Waals surface area contributed by atoms with Gasteiger partial charge in [0, 0.05) is 12.8 Å². The number of carbonyl (C=O) groups is 2. The third-order valence-electron chi connectivity index (χ3n) is 3.62. The van der Waals surface area contributed by atoms with Crippen molar-refractivity contribution in [1.29, 1.82) is 0 Å². The Labute approximate surface area is 117 Å². The van der Waals surface area contributed by atoms with E-state index in [2.05, 4.69) is 6.92 Å². The van der Waals surface area contributed by atoms with E-state index >= 15 is 0 Å². The van der Waals surface area contributed by atoms with Crippen LogP contribution in [-0.2, 0) is 14.3 Å². The van der Waals surface area contributed by atoms with Crippen LogP contribution < -0.4 is 0 Å². The van der Waals surface area contributed by atoms with Gasteiger partial charge in [0.2, 0.25) is 0 Å². The third kappa shape index (κ3) is 4.96. The molecule has 1 aliphatic carbocycles. The average Bonchev–Trinajstić information content (AvgIpc) is 2.89. The van der Waals surface area contributed by atoms with Crippen molar-refractivity contribution in [2.45, 2.75) is 72.3 Å². The highest BCUT2D eigenvalue weighted by Gasteiger charge is 2.55. The number of esters is 1. The molecule has 0 aliphatic heterocycles. The first kappa shape index (κ1) is 16.2. The molecule has 0 amide bonds. The topological polar surface area (TPSA) is 43.4 Å². The van der Waals surface area contributed by atoms with Crippen molar-refractivity contribution in [3.63, 3.8) is 0 Å². The fraction of sp³-hybridized carbons (Fsp3) is 0.875. The number of Topliss-reactive ketones (excluding diaryl/α,β-unsaturated/α-hetero) is 1. The highest BCUT2D eigenvalue weighted by atomic mass is 16.6. The van der Waals surface area contributed by atoms with Gasteiger partial charge in [0.15, 0.2) is 0 Å². The summed E-state index contributed by atoms with van der Waals surface area (Å²) in [5.41, 5.74) is -0.436. The van der Waals surface area contributed by atoms with Gasteiger partial charge in [-0.05, 0) is 45.4 Å². The van der Waals surface area contributed by atoms with Gasteiger partial charge in [-0.1, -0.05) is 20.3 Å². The van der Waals surface area contributed by atoms with Gasteiger partial charge in [-0.15, -0.1) is 0 Å². The Morgan fingerprint density at radius 1 is 1.05 bits per heavy atom. The maximum Gasteiger partial charge on any atom is 0.310 e. The van der Waals surface area contributed by atoms with Gasteiger partial charge >= 0.3 is 5.97 Å². The maximum atomic E-state index is 12.1. The summed E-state index contributed by atoms with van der Waals surface area (Å²) >= 11 is 0. The molecule has 0 bridgehead atoms. The van der Waals surface area contributed by atoms with E-state index in [9.17, 15) is 9.59 Å². The highest BCUT2D eigenvalue weighted by molar-refractivity contribution is 5.82. The monoisotopic (exact) mass is 268 g/mol. The van der Waals surface area contributed by atoms with Crippen LogP contribution in [0.4, 0.5) is 0 Å². The molecule has 3 nitrogen and oxygen atoms in total. The van der Waals surface area contributed by atoms with Crippen molar-refractivity contribution < 1.29 is 14.3 Å². The Bertz CT molecular complexity index is 327. The SMILES string of the molecule is CCCC(=O)C[C@@H]1[C@@H](CCC)[C@@H]1C(=O)OC(C)(C)C. The van der Waals surface area contributed by atoms with E-state index in [1.54, 1.807) is 0 Å². The minimum absolute atomic E-state index is 0.0417. The standard InChI is InChI=1S/C16H28O3/c1-6-8-11(17)10-13-12(9-7-2)14(13)15(18)19-16(3,4)5/h12-14H,6-10H2,1-5H3/t12-,13-,14+/m1/s1. The number of ether oxygens (including phenoxy) is 1. The van der Waals surface area contributed by atoms with Gasteiger partial charge in [-0.3, -0.25) is 9.59 Å². The molecule has 3 heteroatoms. The summed E-state index contributed by atoms with van der Waals surface area (Å²) in [6.45, 7) is 9.80. The van der Waals surface area contributed by atoms with Crippen molar-refractivity contribution in [3.8, 4) is 0 Å². The number of rotatable bonds is 7. The van der Waals surface area contributed by atoms with Crippen LogP contribution in [-0.4, -0.2) is 17.4 Å². The molecule has 1 saturated carbocycles. The van der Waals surface area contributed by atoms with E-state index in [-0.39, 0.29) is 17.8 Å². The lowest BCUT2D eigenvalue weighted by atomic mass is 10.1.